The maximum absolute atomic E-state index is 12.8. The van der Waals surface area contributed by atoms with Gasteiger partial charge >= 0.3 is 0 Å². The summed E-state index contributed by atoms with van der Waals surface area (Å²) in [5.41, 5.74) is 1.86. The first-order valence-electron chi connectivity index (χ1n) is 9.49. The monoisotopic (exact) mass is 389 g/mol. The lowest BCUT2D eigenvalue weighted by Crippen LogP contribution is -2.42. The molecule has 0 bridgehead atoms. The third-order valence-electron chi connectivity index (χ3n) is 5.00. The number of thioether (sulfide) groups is 1. The van der Waals surface area contributed by atoms with Crippen LogP contribution in [-0.2, 0) is 4.79 Å². The van der Waals surface area contributed by atoms with E-state index in [0.717, 1.165) is 30.6 Å². The number of aryl methyl sites for hydroxylation is 1. The summed E-state index contributed by atoms with van der Waals surface area (Å²) in [6, 6.07) is 6.23. The molecule has 1 saturated carbocycles. The van der Waals surface area contributed by atoms with Crippen molar-refractivity contribution in [2.75, 3.05) is 19.4 Å². The largest absolute Gasteiger partial charge is 0.494 e. The van der Waals surface area contributed by atoms with Crippen LogP contribution in [0.1, 0.15) is 44.6 Å². The summed E-state index contributed by atoms with van der Waals surface area (Å²) in [6.07, 6.45) is 5.94. The first kappa shape index (κ1) is 19.7. The van der Waals surface area contributed by atoms with Gasteiger partial charge in [0.05, 0.1) is 12.9 Å². The van der Waals surface area contributed by atoms with Crippen molar-refractivity contribution in [2.45, 2.75) is 57.1 Å². The van der Waals surface area contributed by atoms with Gasteiger partial charge in [-0.3, -0.25) is 4.79 Å². The van der Waals surface area contributed by atoms with Gasteiger partial charge in [0, 0.05) is 12.6 Å². The minimum atomic E-state index is 0.153. The Morgan fingerprint density at radius 3 is 2.81 bits per heavy atom. The van der Waals surface area contributed by atoms with E-state index in [2.05, 4.69) is 22.4 Å². The van der Waals surface area contributed by atoms with E-state index in [4.69, 9.17) is 4.74 Å². The maximum atomic E-state index is 12.8. The van der Waals surface area contributed by atoms with Crippen LogP contribution in [0, 0.1) is 6.92 Å². The number of rotatable bonds is 7. The highest BCUT2D eigenvalue weighted by molar-refractivity contribution is 7.99. The van der Waals surface area contributed by atoms with E-state index in [1.165, 1.54) is 31.0 Å². The zero-order valence-electron chi connectivity index (χ0n) is 16.2. The Hall–Kier alpha value is -2.09. The molecule has 2 aromatic rings. The average Bonchev–Trinajstić information content (AvgIpc) is 3.16. The second-order valence-corrected chi connectivity index (χ2v) is 7.75. The highest BCUT2D eigenvalue weighted by Gasteiger charge is 2.25. The molecule has 1 amide bonds. The summed E-state index contributed by atoms with van der Waals surface area (Å²) in [7, 11) is 1.62. The van der Waals surface area contributed by atoms with E-state index in [1.54, 1.807) is 11.8 Å². The molecule has 1 aromatic heterocycles. The Labute approximate surface area is 164 Å². The molecule has 0 N–H and O–H groups in total. The average molecular weight is 390 g/mol. The molecule has 3 rings (SSSR count). The van der Waals surface area contributed by atoms with E-state index < -0.39 is 0 Å². The van der Waals surface area contributed by atoms with Crippen LogP contribution in [0.15, 0.2) is 23.4 Å². The molecule has 146 valence electrons. The minimum Gasteiger partial charge on any atom is -0.494 e. The zero-order valence-corrected chi connectivity index (χ0v) is 17.0. The van der Waals surface area contributed by atoms with Crippen LogP contribution in [0.5, 0.6) is 5.75 Å². The molecule has 1 aliphatic rings. The van der Waals surface area contributed by atoms with Gasteiger partial charge in [-0.05, 0) is 54.8 Å². The highest BCUT2D eigenvalue weighted by atomic mass is 32.2. The zero-order chi connectivity index (χ0) is 19.2. The molecule has 1 aliphatic carbocycles. The van der Waals surface area contributed by atoms with Crippen molar-refractivity contribution in [1.29, 1.82) is 0 Å². The van der Waals surface area contributed by atoms with Crippen LogP contribution in [0.2, 0.25) is 0 Å². The number of ether oxygens (including phenoxy) is 1. The summed E-state index contributed by atoms with van der Waals surface area (Å²) in [6.45, 7) is 4.81. The Morgan fingerprint density at radius 1 is 1.33 bits per heavy atom. The fraction of sp³-hybridized carbons (Fsp3) is 0.579. The van der Waals surface area contributed by atoms with Gasteiger partial charge in [-0.2, -0.15) is 4.68 Å². The van der Waals surface area contributed by atoms with E-state index in [-0.39, 0.29) is 5.91 Å². The molecule has 7 nitrogen and oxygen atoms in total. The van der Waals surface area contributed by atoms with Crippen LogP contribution in [0.3, 0.4) is 0 Å². The van der Waals surface area contributed by atoms with Gasteiger partial charge in [0.2, 0.25) is 11.1 Å². The standard InChI is InChI=1S/C19H27N5O2S/c1-4-23(15-8-6-5-7-9-15)18(25)13-27-19-20-21-22-24(19)16-12-14(2)10-11-17(16)26-3/h10-12,15H,4-9,13H2,1-3H3. The SMILES string of the molecule is CCN(C(=O)CSc1nnnn1-c1cc(C)ccc1OC)C1CCCCC1. The topological polar surface area (TPSA) is 73.1 Å². The van der Waals surface area contributed by atoms with Gasteiger partial charge in [0.15, 0.2) is 0 Å². The number of carbonyl (C=O) groups excluding carboxylic acids is 1. The molecule has 0 atom stereocenters. The van der Waals surface area contributed by atoms with Crippen LogP contribution in [-0.4, -0.2) is 56.5 Å². The molecule has 1 aromatic carbocycles. The molecule has 0 unspecified atom stereocenters. The Balaban J connectivity index is 1.71. The third-order valence-corrected chi connectivity index (χ3v) is 5.91. The summed E-state index contributed by atoms with van der Waals surface area (Å²) in [5, 5.41) is 12.6. The number of benzene rings is 1. The van der Waals surface area contributed by atoms with Gasteiger partial charge < -0.3 is 9.64 Å². The van der Waals surface area contributed by atoms with Crippen molar-refractivity contribution in [1.82, 2.24) is 25.1 Å². The van der Waals surface area contributed by atoms with Crippen LogP contribution in [0.25, 0.3) is 5.69 Å². The van der Waals surface area contributed by atoms with Crippen LogP contribution >= 0.6 is 11.8 Å². The van der Waals surface area contributed by atoms with Crippen molar-refractivity contribution in [2.24, 2.45) is 0 Å². The van der Waals surface area contributed by atoms with Gasteiger partial charge in [-0.15, -0.1) is 5.10 Å². The van der Waals surface area contributed by atoms with Crippen molar-refractivity contribution < 1.29 is 9.53 Å². The number of carbonyl (C=O) groups is 1. The van der Waals surface area contributed by atoms with E-state index in [9.17, 15) is 4.79 Å². The Kier molecular flexibility index (Phi) is 6.71. The van der Waals surface area contributed by atoms with E-state index in [1.807, 2.05) is 30.0 Å². The van der Waals surface area contributed by atoms with Crippen molar-refractivity contribution in [3.8, 4) is 11.4 Å². The summed E-state index contributed by atoms with van der Waals surface area (Å²) in [4.78, 5) is 14.8. The van der Waals surface area contributed by atoms with Gasteiger partial charge in [0.25, 0.3) is 0 Å². The van der Waals surface area contributed by atoms with Crippen molar-refractivity contribution >= 4 is 17.7 Å². The molecule has 1 heterocycles. The Morgan fingerprint density at radius 2 is 2.11 bits per heavy atom. The lowest BCUT2D eigenvalue weighted by Gasteiger charge is -2.33. The fourth-order valence-corrected chi connectivity index (χ4v) is 4.40. The van der Waals surface area contributed by atoms with Crippen LogP contribution in [0.4, 0.5) is 0 Å². The van der Waals surface area contributed by atoms with Crippen molar-refractivity contribution in [3.63, 3.8) is 0 Å². The second-order valence-electron chi connectivity index (χ2n) is 6.81. The predicted molar refractivity (Wildman–Crippen MR) is 105 cm³/mol. The lowest BCUT2D eigenvalue weighted by atomic mass is 9.94. The number of hydrogen-bond acceptors (Lipinski definition) is 6. The van der Waals surface area contributed by atoms with E-state index >= 15 is 0 Å². The second kappa shape index (κ2) is 9.21. The number of hydrogen-bond donors (Lipinski definition) is 0. The number of aromatic nitrogens is 4. The fourth-order valence-electron chi connectivity index (χ4n) is 3.63. The van der Waals surface area contributed by atoms with Gasteiger partial charge in [-0.1, -0.05) is 37.1 Å². The molecule has 8 heteroatoms. The minimum absolute atomic E-state index is 0.153. The number of amides is 1. The number of nitrogens with zero attached hydrogens (tertiary/aromatic N) is 5. The van der Waals surface area contributed by atoms with E-state index in [0.29, 0.717) is 22.7 Å². The molecule has 1 fully saturated rings. The molecule has 0 aliphatic heterocycles. The van der Waals surface area contributed by atoms with Gasteiger partial charge in [-0.25, -0.2) is 0 Å². The molecule has 0 spiro atoms. The lowest BCUT2D eigenvalue weighted by molar-refractivity contribution is -0.131. The third kappa shape index (κ3) is 4.61. The smallest absolute Gasteiger partial charge is 0.233 e. The van der Waals surface area contributed by atoms with Crippen molar-refractivity contribution in [3.05, 3.63) is 23.8 Å². The number of methoxy groups -OCH3 is 1. The molecular formula is C19H27N5O2S. The first-order chi connectivity index (χ1) is 13.1. The number of tetrazole rings is 1. The first-order valence-corrected chi connectivity index (χ1v) is 10.5. The van der Waals surface area contributed by atoms with Crippen LogP contribution < -0.4 is 4.74 Å². The Bertz CT molecular complexity index is 773. The molecule has 0 radical (unpaired) electrons. The normalized spacial score (nSPS) is 14.9. The quantitative estimate of drug-likeness (QED) is 0.677. The van der Waals surface area contributed by atoms with Gasteiger partial charge in [0.1, 0.15) is 11.4 Å². The molecule has 0 saturated heterocycles. The molecular weight excluding hydrogens is 362 g/mol. The highest BCUT2D eigenvalue weighted by Crippen LogP contribution is 2.28. The maximum Gasteiger partial charge on any atom is 0.233 e. The summed E-state index contributed by atoms with van der Waals surface area (Å²) >= 11 is 1.37. The molecule has 27 heavy (non-hydrogen) atoms. The summed E-state index contributed by atoms with van der Waals surface area (Å²) in [5.74, 6) is 1.18. The summed E-state index contributed by atoms with van der Waals surface area (Å²) < 4.78 is 7.08. The predicted octanol–water partition coefficient (Wildman–Crippen LogP) is 3.25.